The molecule has 0 aromatic carbocycles. The zero-order valence-electron chi connectivity index (χ0n) is 14.9. The first kappa shape index (κ1) is 24.8. The van der Waals surface area contributed by atoms with Crippen molar-refractivity contribution in [3.05, 3.63) is 11.1 Å². The Morgan fingerprint density at radius 1 is 1.19 bits per heavy atom. The molecule has 7 N–H and O–H groups in total. The third kappa shape index (κ3) is 6.15. The van der Waals surface area contributed by atoms with Gasteiger partial charge in [-0.05, 0) is 15.9 Å². The van der Waals surface area contributed by atoms with Gasteiger partial charge in [0.1, 0.15) is 18.7 Å². The van der Waals surface area contributed by atoms with Crippen LogP contribution in [0.3, 0.4) is 0 Å². The molecule has 31 heavy (non-hydrogen) atoms. The average molecular weight is 570 g/mol. The Labute approximate surface area is 180 Å². The summed E-state index contributed by atoms with van der Waals surface area (Å²) in [5.74, 6) is 0.104. The lowest BCUT2D eigenvalue weighted by Gasteiger charge is -2.19. The number of nitrogen functional groups attached to an aromatic ring is 1. The Bertz CT molecular complexity index is 1120. The fourth-order valence-electron chi connectivity index (χ4n) is 2.65. The van der Waals surface area contributed by atoms with Gasteiger partial charge in [0.05, 0.1) is 12.7 Å². The number of nitrogens with two attached hydrogens (primary N) is 1. The van der Waals surface area contributed by atoms with Gasteiger partial charge in [-0.2, -0.15) is 8.62 Å². The molecule has 2 aromatic rings. The fraction of sp³-hybridized carbons (Fsp3) is 0.500. The molecule has 0 aliphatic carbocycles. The summed E-state index contributed by atoms with van der Waals surface area (Å²) < 4.78 is 52.8. The number of aliphatic hydroxyl groups excluding tert-OH is 1. The van der Waals surface area contributed by atoms with E-state index in [0.717, 1.165) is 0 Å². The summed E-state index contributed by atoms with van der Waals surface area (Å²) in [6.07, 6.45) is -2.13. The van der Waals surface area contributed by atoms with Crippen LogP contribution in [0.4, 0.5) is 5.82 Å². The molecule has 2 unspecified atom stereocenters. The minimum absolute atomic E-state index is 0.0294. The van der Waals surface area contributed by atoms with E-state index in [4.69, 9.17) is 25.2 Å². The van der Waals surface area contributed by atoms with E-state index >= 15 is 0 Å². The molecule has 0 radical (unpaired) electrons. The van der Waals surface area contributed by atoms with Crippen LogP contribution >= 0.6 is 39.4 Å². The normalized spacial score (nSPS) is 26.1. The topological polar surface area (TPSA) is 259 Å². The van der Waals surface area contributed by atoms with E-state index in [1.165, 1.54) is 10.9 Å². The molecular weight excluding hydrogens is 555 g/mol. The lowest BCUT2D eigenvalue weighted by Crippen LogP contribution is -2.26. The first-order valence-corrected chi connectivity index (χ1v) is 13.2. The highest BCUT2D eigenvalue weighted by Gasteiger charge is 2.43. The highest BCUT2D eigenvalue weighted by molar-refractivity contribution is 9.10. The van der Waals surface area contributed by atoms with Gasteiger partial charge in [-0.25, -0.2) is 28.6 Å². The molecule has 5 atom stereocenters. The van der Waals surface area contributed by atoms with Crippen molar-refractivity contribution in [3.8, 4) is 0 Å². The summed E-state index contributed by atoms with van der Waals surface area (Å²) in [7, 11) is -16.5. The highest BCUT2D eigenvalue weighted by atomic mass is 79.9. The second kappa shape index (κ2) is 8.83. The SMILES string of the molecule is Nc1ncnc2c1nc(Br)n2[C@H]1C[C@H](O)[C@@H](COP(=O)(O)OP(=O)(O)OP(=O)(O)O)O1. The van der Waals surface area contributed by atoms with Gasteiger partial charge >= 0.3 is 23.5 Å². The van der Waals surface area contributed by atoms with Crippen molar-refractivity contribution in [2.24, 2.45) is 0 Å². The summed E-state index contributed by atoms with van der Waals surface area (Å²) in [6, 6.07) is 0. The largest absolute Gasteiger partial charge is 0.490 e. The number of aromatic nitrogens is 4. The number of phosphoric acid groups is 3. The zero-order chi connectivity index (χ0) is 23.2. The van der Waals surface area contributed by atoms with E-state index in [0.29, 0.717) is 0 Å². The van der Waals surface area contributed by atoms with Crippen LogP contribution in [-0.4, -0.2) is 63.0 Å². The number of halogens is 1. The van der Waals surface area contributed by atoms with Crippen LogP contribution in [0.2, 0.25) is 0 Å². The van der Waals surface area contributed by atoms with Crippen molar-refractivity contribution < 1.29 is 56.3 Å². The van der Waals surface area contributed by atoms with Gasteiger partial charge in [0, 0.05) is 6.42 Å². The number of ether oxygens (including phenoxy) is 1. The summed E-state index contributed by atoms with van der Waals surface area (Å²) >= 11 is 3.22. The van der Waals surface area contributed by atoms with Crippen LogP contribution in [0.25, 0.3) is 11.2 Å². The number of fused-ring (bicyclic) bond motifs is 1. The number of anilines is 1. The van der Waals surface area contributed by atoms with Crippen LogP contribution in [0, 0.1) is 0 Å². The van der Waals surface area contributed by atoms with E-state index in [-0.39, 0.29) is 28.1 Å². The number of phosphoric ester groups is 1. The van der Waals surface area contributed by atoms with Gasteiger partial charge in [-0.3, -0.25) is 9.09 Å². The van der Waals surface area contributed by atoms with E-state index in [1.807, 2.05) is 0 Å². The second-order valence-electron chi connectivity index (χ2n) is 6.00. The minimum atomic E-state index is -5.65. The van der Waals surface area contributed by atoms with Gasteiger partial charge in [-0.1, -0.05) is 0 Å². The van der Waals surface area contributed by atoms with Crippen LogP contribution < -0.4 is 5.73 Å². The van der Waals surface area contributed by atoms with E-state index in [1.54, 1.807) is 0 Å². The van der Waals surface area contributed by atoms with Gasteiger partial charge < -0.3 is 35.2 Å². The van der Waals surface area contributed by atoms with Crippen molar-refractivity contribution >= 4 is 56.4 Å². The predicted molar refractivity (Wildman–Crippen MR) is 102 cm³/mol. The lowest BCUT2D eigenvalue weighted by atomic mass is 10.2. The van der Waals surface area contributed by atoms with Crippen molar-refractivity contribution in [2.45, 2.75) is 24.9 Å². The number of hydrogen-bond acceptors (Lipinski definition) is 12. The van der Waals surface area contributed by atoms with E-state index in [9.17, 15) is 23.7 Å². The van der Waals surface area contributed by atoms with Gasteiger partial charge in [0.15, 0.2) is 21.7 Å². The van der Waals surface area contributed by atoms with E-state index in [2.05, 4.69) is 44.0 Å². The maximum absolute atomic E-state index is 11.8. The Morgan fingerprint density at radius 2 is 1.87 bits per heavy atom. The Balaban J connectivity index is 1.68. The standard InChI is InChI=1S/C10H15BrN5O12P3/c11-10-15-7-8(12)13-3-14-9(7)16(10)6-1-4(17)5(26-6)2-25-30(21,22)28-31(23,24)27-29(18,19)20/h3-6,17H,1-2H2,(H,21,22)(H,23,24)(H2,12,13,14)(H2,18,19,20)/t4-,5+,6+/m0/s1. The molecular formula is C10H15BrN5O12P3. The van der Waals surface area contributed by atoms with Gasteiger partial charge in [0.2, 0.25) is 0 Å². The predicted octanol–water partition coefficient (Wildman–Crippen LogP) is 0.163. The number of rotatable bonds is 8. The summed E-state index contributed by atoms with van der Waals surface area (Å²) in [5.41, 5.74) is 6.29. The first-order chi connectivity index (χ1) is 14.2. The molecule has 17 nitrogen and oxygen atoms in total. The first-order valence-electron chi connectivity index (χ1n) is 7.93. The Kier molecular flexibility index (Phi) is 7.07. The number of hydrogen-bond donors (Lipinski definition) is 6. The molecule has 0 amide bonds. The molecule has 1 saturated heterocycles. The Hall–Kier alpha value is -0.840. The molecule has 1 aliphatic rings. The third-order valence-electron chi connectivity index (χ3n) is 3.77. The van der Waals surface area contributed by atoms with Gasteiger partial charge in [-0.15, -0.1) is 0 Å². The van der Waals surface area contributed by atoms with E-state index < -0.39 is 48.5 Å². The number of nitrogens with zero attached hydrogens (tertiary/aromatic N) is 4. The molecule has 0 saturated carbocycles. The lowest BCUT2D eigenvalue weighted by molar-refractivity contribution is -0.0430. The molecule has 3 heterocycles. The number of aliphatic hydroxyl groups is 1. The smallest absolute Gasteiger partial charge is 0.390 e. The second-order valence-corrected chi connectivity index (χ2v) is 11.1. The summed E-state index contributed by atoms with van der Waals surface area (Å²) in [6.45, 7) is -0.803. The zero-order valence-corrected chi connectivity index (χ0v) is 19.2. The molecule has 3 rings (SSSR count). The van der Waals surface area contributed by atoms with Crippen LogP contribution in [0.5, 0.6) is 0 Å². The van der Waals surface area contributed by atoms with Crippen LogP contribution in [-0.2, 0) is 31.6 Å². The van der Waals surface area contributed by atoms with Crippen molar-refractivity contribution in [3.63, 3.8) is 0 Å². The van der Waals surface area contributed by atoms with Crippen LogP contribution in [0.15, 0.2) is 11.1 Å². The molecule has 0 spiro atoms. The third-order valence-corrected chi connectivity index (χ3v) is 8.13. The van der Waals surface area contributed by atoms with Crippen molar-refractivity contribution in [2.75, 3.05) is 12.3 Å². The molecule has 1 fully saturated rings. The van der Waals surface area contributed by atoms with Crippen molar-refractivity contribution in [1.82, 2.24) is 19.5 Å². The average Bonchev–Trinajstić information content (AvgIpc) is 3.09. The number of imidazole rings is 1. The quantitative estimate of drug-likeness (QED) is 0.182. The molecule has 174 valence electrons. The van der Waals surface area contributed by atoms with Crippen molar-refractivity contribution in [1.29, 1.82) is 0 Å². The van der Waals surface area contributed by atoms with Gasteiger partial charge in [0.25, 0.3) is 0 Å². The minimum Gasteiger partial charge on any atom is -0.390 e. The monoisotopic (exact) mass is 569 g/mol. The Morgan fingerprint density at radius 3 is 2.52 bits per heavy atom. The molecule has 2 aromatic heterocycles. The van der Waals surface area contributed by atoms with Crippen LogP contribution in [0.1, 0.15) is 12.6 Å². The summed E-state index contributed by atoms with van der Waals surface area (Å²) in [4.78, 5) is 47.7. The highest BCUT2D eigenvalue weighted by Crippen LogP contribution is 2.66. The maximum atomic E-state index is 11.8. The summed E-state index contributed by atoms with van der Waals surface area (Å²) in [5, 5.41) is 10.2. The molecule has 1 aliphatic heterocycles. The maximum Gasteiger partial charge on any atom is 0.490 e. The fourth-order valence-corrected chi connectivity index (χ4v) is 6.25. The molecule has 0 bridgehead atoms. The molecule has 21 heteroatoms.